The lowest BCUT2D eigenvalue weighted by molar-refractivity contribution is -0.134. The topological polar surface area (TPSA) is 63.0 Å². The van der Waals surface area contributed by atoms with Crippen molar-refractivity contribution in [3.05, 3.63) is 72.2 Å². The standard InChI is InChI=1S/C23H28N2O4/c1-3-11-24(23(27)19-8-4-7-18(2)14-19)17-22(26)25(15-20-9-5-12-28-20)16-21-10-6-13-29-21/h3-5,7-9,12,14,21H,1,6,10-11,13,15-17H2,2H3/t21-/m0/s1. The molecule has 0 radical (unpaired) electrons. The Kier molecular flexibility index (Phi) is 7.25. The molecule has 6 heteroatoms. The number of carbonyl (C=O) groups is 2. The van der Waals surface area contributed by atoms with E-state index in [1.165, 1.54) is 4.90 Å². The molecule has 6 nitrogen and oxygen atoms in total. The molecule has 0 unspecified atom stereocenters. The predicted octanol–water partition coefficient (Wildman–Crippen LogP) is 3.42. The highest BCUT2D eigenvalue weighted by Gasteiger charge is 2.26. The Balaban J connectivity index is 1.73. The molecule has 1 aliphatic heterocycles. The SMILES string of the molecule is C=CCN(CC(=O)N(Cc1ccco1)C[C@@H]1CCCO1)C(=O)c1cccc(C)c1. The van der Waals surface area contributed by atoms with Crippen molar-refractivity contribution in [2.45, 2.75) is 32.4 Å². The lowest BCUT2D eigenvalue weighted by Crippen LogP contribution is -2.45. The zero-order chi connectivity index (χ0) is 20.6. The van der Waals surface area contributed by atoms with Gasteiger partial charge in [0.1, 0.15) is 12.3 Å². The quantitative estimate of drug-likeness (QED) is 0.609. The summed E-state index contributed by atoms with van der Waals surface area (Å²) >= 11 is 0. The summed E-state index contributed by atoms with van der Waals surface area (Å²) in [6.07, 6.45) is 5.18. The minimum Gasteiger partial charge on any atom is -0.467 e. The van der Waals surface area contributed by atoms with Gasteiger partial charge in [-0.1, -0.05) is 23.8 Å². The third-order valence-corrected chi connectivity index (χ3v) is 4.96. The van der Waals surface area contributed by atoms with Gasteiger partial charge in [0, 0.05) is 25.3 Å². The summed E-state index contributed by atoms with van der Waals surface area (Å²) in [4.78, 5) is 29.4. The Morgan fingerprint density at radius 1 is 1.24 bits per heavy atom. The Morgan fingerprint density at radius 3 is 2.76 bits per heavy atom. The molecule has 1 aromatic carbocycles. The van der Waals surface area contributed by atoms with Crippen LogP contribution in [-0.4, -0.2) is 54.0 Å². The van der Waals surface area contributed by atoms with E-state index in [0.717, 1.165) is 25.0 Å². The molecule has 1 aromatic heterocycles. The monoisotopic (exact) mass is 396 g/mol. The molecule has 0 bridgehead atoms. The first-order valence-electron chi connectivity index (χ1n) is 9.95. The number of carbonyl (C=O) groups excluding carboxylic acids is 2. The molecule has 2 amide bonds. The lowest BCUT2D eigenvalue weighted by atomic mass is 10.1. The van der Waals surface area contributed by atoms with Crippen molar-refractivity contribution in [2.75, 3.05) is 26.2 Å². The number of benzene rings is 1. The average molecular weight is 396 g/mol. The second-order valence-corrected chi connectivity index (χ2v) is 7.33. The fourth-order valence-corrected chi connectivity index (χ4v) is 3.48. The Morgan fingerprint density at radius 2 is 2.10 bits per heavy atom. The van der Waals surface area contributed by atoms with E-state index in [1.807, 2.05) is 31.2 Å². The highest BCUT2D eigenvalue weighted by atomic mass is 16.5. The van der Waals surface area contributed by atoms with Crippen molar-refractivity contribution in [3.63, 3.8) is 0 Å². The number of rotatable bonds is 9. The largest absolute Gasteiger partial charge is 0.467 e. The molecule has 0 aliphatic carbocycles. The van der Waals surface area contributed by atoms with E-state index in [1.54, 1.807) is 29.4 Å². The molecule has 1 aliphatic rings. The summed E-state index contributed by atoms with van der Waals surface area (Å²) in [7, 11) is 0. The van der Waals surface area contributed by atoms with Crippen molar-refractivity contribution in [1.82, 2.24) is 9.80 Å². The first-order valence-corrected chi connectivity index (χ1v) is 9.95. The van der Waals surface area contributed by atoms with Crippen molar-refractivity contribution in [3.8, 4) is 0 Å². The van der Waals surface area contributed by atoms with E-state index in [2.05, 4.69) is 6.58 Å². The summed E-state index contributed by atoms with van der Waals surface area (Å²) in [5, 5.41) is 0. The number of nitrogens with zero attached hydrogens (tertiary/aromatic N) is 2. The summed E-state index contributed by atoms with van der Waals surface area (Å²) in [5.41, 5.74) is 1.56. The van der Waals surface area contributed by atoms with Crippen LogP contribution < -0.4 is 0 Å². The Hall–Kier alpha value is -2.86. The summed E-state index contributed by atoms with van der Waals surface area (Å²) in [6.45, 7) is 7.51. The van der Waals surface area contributed by atoms with Crippen molar-refractivity contribution in [2.24, 2.45) is 0 Å². The van der Waals surface area contributed by atoms with Crippen molar-refractivity contribution in [1.29, 1.82) is 0 Å². The Bertz CT molecular complexity index is 825. The van der Waals surface area contributed by atoms with Gasteiger partial charge in [0.05, 0.1) is 18.9 Å². The fraction of sp³-hybridized carbons (Fsp3) is 0.391. The maximum absolute atomic E-state index is 13.1. The lowest BCUT2D eigenvalue weighted by Gasteiger charge is -2.28. The van der Waals surface area contributed by atoms with E-state index >= 15 is 0 Å². The maximum atomic E-state index is 13.1. The zero-order valence-corrected chi connectivity index (χ0v) is 16.9. The Labute approximate surface area is 171 Å². The van der Waals surface area contributed by atoms with E-state index in [9.17, 15) is 9.59 Å². The van der Waals surface area contributed by atoms with Crippen LogP contribution in [0.4, 0.5) is 0 Å². The molecule has 0 spiro atoms. The fourth-order valence-electron chi connectivity index (χ4n) is 3.48. The predicted molar refractivity (Wildman–Crippen MR) is 110 cm³/mol. The zero-order valence-electron chi connectivity index (χ0n) is 16.9. The second kappa shape index (κ2) is 10.1. The number of hydrogen-bond donors (Lipinski definition) is 0. The van der Waals surface area contributed by atoms with Gasteiger partial charge in [0.2, 0.25) is 5.91 Å². The van der Waals surface area contributed by atoms with Gasteiger partial charge < -0.3 is 19.0 Å². The summed E-state index contributed by atoms with van der Waals surface area (Å²) in [6, 6.07) is 11.0. The second-order valence-electron chi connectivity index (χ2n) is 7.33. The summed E-state index contributed by atoms with van der Waals surface area (Å²) < 4.78 is 11.1. The van der Waals surface area contributed by atoms with Crippen molar-refractivity contribution < 1.29 is 18.7 Å². The highest BCUT2D eigenvalue weighted by molar-refractivity contribution is 5.96. The third kappa shape index (κ3) is 5.81. The van der Waals surface area contributed by atoms with Gasteiger partial charge in [0.15, 0.2) is 0 Å². The van der Waals surface area contributed by atoms with Gasteiger partial charge in [-0.15, -0.1) is 6.58 Å². The molecule has 154 valence electrons. The van der Waals surface area contributed by atoms with Crippen LogP contribution in [-0.2, 0) is 16.1 Å². The van der Waals surface area contributed by atoms with Gasteiger partial charge in [-0.3, -0.25) is 9.59 Å². The van der Waals surface area contributed by atoms with Gasteiger partial charge in [-0.2, -0.15) is 0 Å². The molecular weight excluding hydrogens is 368 g/mol. The average Bonchev–Trinajstić information content (AvgIpc) is 3.41. The molecule has 0 N–H and O–H groups in total. The first kappa shape index (κ1) is 20.9. The van der Waals surface area contributed by atoms with Crippen LogP contribution >= 0.6 is 0 Å². The van der Waals surface area contributed by atoms with E-state index < -0.39 is 0 Å². The van der Waals surface area contributed by atoms with E-state index in [-0.39, 0.29) is 24.5 Å². The van der Waals surface area contributed by atoms with Crippen LogP contribution in [0.25, 0.3) is 0 Å². The number of amides is 2. The van der Waals surface area contributed by atoms with Crippen LogP contribution in [0, 0.1) is 6.92 Å². The normalized spacial score (nSPS) is 15.8. The van der Waals surface area contributed by atoms with E-state index in [0.29, 0.717) is 31.0 Å². The molecule has 0 saturated carbocycles. The first-order chi connectivity index (χ1) is 14.1. The van der Waals surface area contributed by atoms with Crippen LogP contribution in [0.15, 0.2) is 59.7 Å². The smallest absolute Gasteiger partial charge is 0.254 e. The molecule has 2 aromatic rings. The number of hydrogen-bond acceptors (Lipinski definition) is 4. The molecule has 2 heterocycles. The number of ether oxygens (including phenoxy) is 1. The van der Waals surface area contributed by atoms with Crippen LogP contribution in [0.2, 0.25) is 0 Å². The number of aryl methyl sites for hydroxylation is 1. The van der Waals surface area contributed by atoms with Crippen LogP contribution in [0.3, 0.4) is 0 Å². The molecule has 1 saturated heterocycles. The van der Waals surface area contributed by atoms with Crippen molar-refractivity contribution >= 4 is 11.8 Å². The molecular formula is C23H28N2O4. The molecule has 1 fully saturated rings. The third-order valence-electron chi connectivity index (χ3n) is 4.96. The number of furan rings is 1. The molecule has 1 atom stereocenters. The van der Waals surface area contributed by atoms with Gasteiger partial charge in [0.25, 0.3) is 5.91 Å². The minimum absolute atomic E-state index is 0.0216. The van der Waals surface area contributed by atoms with Gasteiger partial charge >= 0.3 is 0 Å². The molecule has 29 heavy (non-hydrogen) atoms. The van der Waals surface area contributed by atoms with E-state index in [4.69, 9.17) is 9.15 Å². The van der Waals surface area contributed by atoms with Gasteiger partial charge in [-0.05, 0) is 44.0 Å². The minimum atomic E-state index is -0.183. The highest BCUT2D eigenvalue weighted by Crippen LogP contribution is 2.16. The van der Waals surface area contributed by atoms with Crippen LogP contribution in [0.5, 0.6) is 0 Å². The maximum Gasteiger partial charge on any atom is 0.254 e. The van der Waals surface area contributed by atoms with Gasteiger partial charge in [-0.25, -0.2) is 0 Å². The summed E-state index contributed by atoms with van der Waals surface area (Å²) in [5.74, 6) is 0.383. The van der Waals surface area contributed by atoms with Crippen LogP contribution in [0.1, 0.15) is 34.5 Å². The molecule has 3 rings (SSSR count).